The van der Waals surface area contributed by atoms with E-state index in [1.165, 1.54) is 12.4 Å². The smallest absolute Gasteiger partial charge is 0.191 e. The number of aliphatic imine (C=N–C) groups is 1. The van der Waals surface area contributed by atoms with E-state index in [9.17, 15) is 13.2 Å². The molecule has 0 aliphatic rings. The minimum absolute atomic E-state index is 0.0667. The molecule has 5 nitrogen and oxygen atoms in total. The third kappa shape index (κ3) is 4.66. The molecule has 2 aromatic carbocycles. The number of guanidine groups is 1. The Bertz CT molecular complexity index is 939. The summed E-state index contributed by atoms with van der Waals surface area (Å²) in [6.45, 7) is 0.379. The lowest BCUT2D eigenvalue weighted by Gasteiger charge is -2.13. The normalized spacial score (nSPS) is 11.5. The van der Waals surface area contributed by atoms with Crippen LogP contribution in [0.4, 0.5) is 13.2 Å². The fourth-order valence-corrected chi connectivity index (χ4v) is 2.54. The Balaban J connectivity index is 1.59. The molecule has 0 unspecified atom stereocenters. The molecule has 3 rings (SSSR count). The van der Waals surface area contributed by atoms with E-state index in [0.29, 0.717) is 23.8 Å². The van der Waals surface area contributed by atoms with Crippen LogP contribution in [0, 0.1) is 17.5 Å². The maximum Gasteiger partial charge on any atom is 0.191 e. The van der Waals surface area contributed by atoms with Crippen molar-refractivity contribution in [3.63, 3.8) is 0 Å². The number of nitrogens with zero attached hydrogens (tertiary/aromatic N) is 3. The Morgan fingerprint density at radius 3 is 2.56 bits per heavy atom. The second kappa shape index (κ2) is 8.39. The summed E-state index contributed by atoms with van der Waals surface area (Å²) >= 11 is 0. The highest BCUT2D eigenvalue weighted by Crippen LogP contribution is 2.15. The summed E-state index contributed by atoms with van der Waals surface area (Å²) in [6, 6.07) is 8.12. The summed E-state index contributed by atoms with van der Waals surface area (Å²) in [5.41, 5.74) is 1.30. The lowest BCUT2D eigenvalue weighted by molar-refractivity contribution is 0.581. The highest BCUT2D eigenvalue weighted by atomic mass is 19.1. The van der Waals surface area contributed by atoms with E-state index in [2.05, 4.69) is 20.6 Å². The second-order valence-corrected chi connectivity index (χ2v) is 5.77. The number of hydrogen-bond donors (Lipinski definition) is 2. The van der Waals surface area contributed by atoms with Crippen LogP contribution in [0.25, 0.3) is 5.69 Å². The van der Waals surface area contributed by atoms with E-state index < -0.39 is 11.6 Å². The summed E-state index contributed by atoms with van der Waals surface area (Å²) in [5, 5.41) is 5.91. The quantitative estimate of drug-likeness (QED) is 0.534. The molecule has 0 saturated heterocycles. The summed E-state index contributed by atoms with van der Waals surface area (Å²) in [5.74, 6) is -1.00. The van der Waals surface area contributed by atoms with Gasteiger partial charge in [0.1, 0.15) is 17.5 Å². The van der Waals surface area contributed by atoms with E-state index in [1.807, 2.05) is 0 Å². The maximum absolute atomic E-state index is 14.3. The standard InChI is InChI=1S/C19H18F3N5/c1-23-19(26-11-14-9-15(20)3-4-16(14)21)25-10-13-2-5-18(17(22)8-13)27-7-6-24-12-27/h2-9,12H,10-11H2,1H3,(H2,23,25,26). The minimum Gasteiger partial charge on any atom is -0.352 e. The molecule has 0 amide bonds. The van der Waals surface area contributed by atoms with E-state index in [-0.39, 0.29) is 17.9 Å². The average Bonchev–Trinajstić information content (AvgIpc) is 3.19. The number of hydrogen-bond acceptors (Lipinski definition) is 2. The molecule has 140 valence electrons. The van der Waals surface area contributed by atoms with Crippen LogP contribution in [0.1, 0.15) is 11.1 Å². The third-order valence-electron chi connectivity index (χ3n) is 3.93. The Kier molecular flexibility index (Phi) is 5.75. The van der Waals surface area contributed by atoms with Gasteiger partial charge in [-0.15, -0.1) is 0 Å². The lowest BCUT2D eigenvalue weighted by atomic mass is 10.2. The van der Waals surface area contributed by atoms with Crippen molar-refractivity contribution in [2.75, 3.05) is 7.05 Å². The Morgan fingerprint density at radius 1 is 1.04 bits per heavy atom. The molecule has 1 heterocycles. The van der Waals surface area contributed by atoms with Gasteiger partial charge in [0.05, 0.1) is 12.0 Å². The van der Waals surface area contributed by atoms with Gasteiger partial charge in [0.25, 0.3) is 0 Å². The molecule has 0 atom stereocenters. The van der Waals surface area contributed by atoms with Gasteiger partial charge in [-0.3, -0.25) is 4.99 Å². The highest BCUT2D eigenvalue weighted by molar-refractivity contribution is 5.79. The molecule has 0 aliphatic heterocycles. The first kappa shape index (κ1) is 18.5. The molecule has 27 heavy (non-hydrogen) atoms. The number of halogens is 3. The minimum atomic E-state index is -0.510. The van der Waals surface area contributed by atoms with Gasteiger partial charge < -0.3 is 15.2 Å². The first-order valence-electron chi connectivity index (χ1n) is 8.22. The third-order valence-corrected chi connectivity index (χ3v) is 3.93. The van der Waals surface area contributed by atoms with Crippen LogP contribution < -0.4 is 10.6 Å². The maximum atomic E-state index is 14.3. The summed E-state index contributed by atoms with van der Waals surface area (Å²) in [6.07, 6.45) is 4.76. The van der Waals surface area contributed by atoms with Gasteiger partial charge in [0, 0.05) is 38.1 Å². The Morgan fingerprint density at radius 2 is 1.85 bits per heavy atom. The van der Waals surface area contributed by atoms with Crippen molar-refractivity contribution < 1.29 is 13.2 Å². The van der Waals surface area contributed by atoms with Crippen molar-refractivity contribution in [3.8, 4) is 5.69 Å². The van der Waals surface area contributed by atoms with Crippen molar-refractivity contribution in [2.45, 2.75) is 13.1 Å². The molecular weight excluding hydrogens is 355 g/mol. The van der Waals surface area contributed by atoms with Crippen molar-refractivity contribution in [1.29, 1.82) is 0 Å². The fourth-order valence-electron chi connectivity index (χ4n) is 2.54. The molecule has 0 spiro atoms. The molecule has 0 saturated carbocycles. The van der Waals surface area contributed by atoms with E-state index in [0.717, 1.165) is 18.2 Å². The van der Waals surface area contributed by atoms with Crippen LogP contribution in [0.3, 0.4) is 0 Å². The van der Waals surface area contributed by atoms with Gasteiger partial charge in [-0.05, 0) is 35.9 Å². The van der Waals surface area contributed by atoms with E-state index >= 15 is 0 Å². The van der Waals surface area contributed by atoms with Crippen LogP contribution in [0.15, 0.2) is 60.1 Å². The summed E-state index contributed by atoms with van der Waals surface area (Å²) in [4.78, 5) is 7.92. The van der Waals surface area contributed by atoms with Crippen LogP contribution in [0.5, 0.6) is 0 Å². The number of benzene rings is 2. The number of rotatable bonds is 5. The zero-order valence-corrected chi connectivity index (χ0v) is 14.6. The first-order chi connectivity index (χ1) is 13.1. The van der Waals surface area contributed by atoms with Gasteiger partial charge in [0.15, 0.2) is 5.96 Å². The predicted octanol–water partition coefficient (Wildman–Crippen LogP) is 3.15. The molecule has 3 aromatic rings. The molecule has 0 fully saturated rings. The molecule has 0 aliphatic carbocycles. The predicted molar refractivity (Wildman–Crippen MR) is 96.9 cm³/mol. The topological polar surface area (TPSA) is 54.2 Å². The van der Waals surface area contributed by atoms with Gasteiger partial charge >= 0.3 is 0 Å². The average molecular weight is 373 g/mol. The van der Waals surface area contributed by atoms with Gasteiger partial charge in [0.2, 0.25) is 0 Å². The van der Waals surface area contributed by atoms with Crippen LogP contribution >= 0.6 is 0 Å². The second-order valence-electron chi connectivity index (χ2n) is 5.77. The lowest BCUT2D eigenvalue weighted by Crippen LogP contribution is -2.36. The van der Waals surface area contributed by atoms with Crippen LogP contribution in [-0.4, -0.2) is 22.6 Å². The van der Waals surface area contributed by atoms with Crippen molar-refractivity contribution in [1.82, 2.24) is 20.2 Å². The largest absolute Gasteiger partial charge is 0.352 e. The molecule has 2 N–H and O–H groups in total. The Hall–Kier alpha value is -3.29. The monoisotopic (exact) mass is 373 g/mol. The van der Waals surface area contributed by atoms with Gasteiger partial charge in [-0.1, -0.05) is 6.07 Å². The summed E-state index contributed by atoms with van der Waals surface area (Å²) in [7, 11) is 1.56. The molecule has 0 radical (unpaired) electrons. The number of imidazole rings is 1. The van der Waals surface area contributed by atoms with Crippen LogP contribution in [-0.2, 0) is 13.1 Å². The van der Waals surface area contributed by atoms with E-state index in [4.69, 9.17) is 0 Å². The summed E-state index contributed by atoms with van der Waals surface area (Å²) < 4.78 is 42.7. The van der Waals surface area contributed by atoms with Crippen molar-refractivity contribution >= 4 is 5.96 Å². The van der Waals surface area contributed by atoms with E-state index in [1.54, 1.807) is 36.1 Å². The Labute approximate surface area is 154 Å². The van der Waals surface area contributed by atoms with Crippen molar-refractivity contribution in [2.24, 2.45) is 4.99 Å². The SMILES string of the molecule is CN=C(NCc1ccc(-n2ccnc2)c(F)c1)NCc1cc(F)ccc1F. The first-order valence-corrected chi connectivity index (χ1v) is 8.22. The zero-order chi connectivity index (χ0) is 19.2. The number of nitrogens with one attached hydrogen (secondary N) is 2. The number of aromatic nitrogens is 2. The highest BCUT2D eigenvalue weighted by Gasteiger charge is 2.07. The zero-order valence-electron chi connectivity index (χ0n) is 14.6. The fraction of sp³-hybridized carbons (Fsp3) is 0.158. The molecule has 0 bridgehead atoms. The van der Waals surface area contributed by atoms with Crippen LogP contribution in [0.2, 0.25) is 0 Å². The van der Waals surface area contributed by atoms with Crippen molar-refractivity contribution in [3.05, 3.63) is 83.7 Å². The molecular formula is C19H18F3N5. The molecule has 1 aromatic heterocycles. The van der Waals surface area contributed by atoms with Gasteiger partial charge in [-0.2, -0.15) is 0 Å². The molecule has 8 heteroatoms. The van der Waals surface area contributed by atoms with Gasteiger partial charge in [-0.25, -0.2) is 18.2 Å².